The van der Waals surface area contributed by atoms with E-state index in [4.69, 9.17) is 4.74 Å². The topological polar surface area (TPSA) is 131 Å². The average Bonchev–Trinajstić information content (AvgIpc) is 2.92. The van der Waals surface area contributed by atoms with Gasteiger partial charge < -0.3 is 14.8 Å². The first-order chi connectivity index (χ1) is 19.5. The van der Waals surface area contributed by atoms with Crippen LogP contribution in [0.3, 0.4) is 0 Å². The molecule has 0 aromatic heterocycles. The standard InChI is InChI=1S/C29H23Br2N3O7/c1-15-4-7-19(10-16(15)2)32-24(35)14-41-25-22(30)12-17(13-23(25)31)11-21-26(36)33-29(39)34(27(21)37)20-8-5-18(6-9-20)28(38)40-3/h4-13H,14H2,1-3H3,(H,32,35)(H,33,36,39)/b21-11-. The summed E-state index contributed by atoms with van der Waals surface area (Å²) in [4.78, 5) is 63.2. The van der Waals surface area contributed by atoms with Gasteiger partial charge in [0.2, 0.25) is 0 Å². The number of halogens is 2. The summed E-state index contributed by atoms with van der Waals surface area (Å²) in [5.74, 6) is -2.30. The number of urea groups is 1. The zero-order chi connectivity index (χ0) is 29.8. The maximum atomic E-state index is 13.2. The van der Waals surface area contributed by atoms with Gasteiger partial charge in [-0.15, -0.1) is 0 Å². The molecular formula is C29H23Br2N3O7. The molecule has 0 radical (unpaired) electrons. The van der Waals surface area contributed by atoms with Crippen molar-refractivity contribution in [3.05, 3.63) is 91.4 Å². The van der Waals surface area contributed by atoms with E-state index in [-0.39, 0.29) is 29.3 Å². The molecule has 0 saturated carbocycles. The van der Waals surface area contributed by atoms with E-state index in [9.17, 15) is 24.0 Å². The number of hydrogen-bond donors (Lipinski definition) is 2. The first kappa shape index (κ1) is 29.7. The Hall–Kier alpha value is -4.29. The van der Waals surface area contributed by atoms with E-state index in [2.05, 4.69) is 47.2 Å². The molecule has 41 heavy (non-hydrogen) atoms. The lowest BCUT2D eigenvalue weighted by molar-refractivity contribution is -0.122. The number of nitrogens with one attached hydrogen (secondary N) is 2. The van der Waals surface area contributed by atoms with Crippen molar-refractivity contribution >= 4 is 79.0 Å². The van der Waals surface area contributed by atoms with Crippen LogP contribution in [0.25, 0.3) is 6.08 Å². The number of hydrogen-bond acceptors (Lipinski definition) is 7. The molecule has 1 aliphatic rings. The number of rotatable bonds is 7. The zero-order valence-corrected chi connectivity index (χ0v) is 25.2. The molecule has 12 heteroatoms. The molecule has 1 heterocycles. The third-order valence-corrected chi connectivity index (χ3v) is 7.30. The smallest absolute Gasteiger partial charge is 0.337 e. The zero-order valence-electron chi connectivity index (χ0n) is 22.0. The summed E-state index contributed by atoms with van der Waals surface area (Å²) in [6.45, 7) is 3.67. The van der Waals surface area contributed by atoms with Gasteiger partial charge in [-0.1, -0.05) is 6.07 Å². The van der Waals surface area contributed by atoms with Gasteiger partial charge in [-0.2, -0.15) is 0 Å². The van der Waals surface area contributed by atoms with Gasteiger partial charge in [0.1, 0.15) is 11.3 Å². The molecule has 0 unspecified atom stereocenters. The number of anilines is 2. The van der Waals surface area contributed by atoms with Crippen molar-refractivity contribution < 1.29 is 33.4 Å². The molecule has 0 aliphatic carbocycles. The van der Waals surface area contributed by atoms with Crippen molar-refractivity contribution in [2.24, 2.45) is 0 Å². The Labute approximate surface area is 251 Å². The summed E-state index contributed by atoms with van der Waals surface area (Å²) in [7, 11) is 1.24. The van der Waals surface area contributed by atoms with E-state index in [0.29, 0.717) is 25.9 Å². The average molecular weight is 685 g/mol. The van der Waals surface area contributed by atoms with Crippen LogP contribution in [0.5, 0.6) is 5.75 Å². The van der Waals surface area contributed by atoms with Crippen LogP contribution in [-0.4, -0.2) is 43.4 Å². The molecule has 4 rings (SSSR count). The van der Waals surface area contributed by atoms with Crippen molar-refractivity contribution in [2.75, 3.05) is 23.9 Å². The van der Waals surface area contributed by atoms with Gasteiger partial charge in [-0.05, 0) is 117 Å². The molecule has 1 saturated heterocycles. The molecule has 1 aliphatic heterocycles. The fourth-order valence-corrected chi connectivity index (χ4v) is 5.33. The molecule has 210 valence electrons. The van der Waals surface area contributed by atoms with E-state index in [0.717, 1.165) is 16.0 Å². The lowest BCUT2D eigenvalue weighted by Gasteiger charge is -2.26. The number of barbiturate groups is 1. The number of ether oxygens (including phenoxy) is 2. The van der Waals surface area contributed by atoms with Gasteiger partial charge in [0, 0.05) is 5.69 Å². The number of esters is 1. The molecule has 3 aromatic rings. The molecule has 0 atom stereocenters. The van der Waals surface area contributed by atoms with E-state index < -0.39 is 23.8 Å². The molecule has 1 fully saturated rings. The molecule has 0 spiro atoms. The fraction of sp³-hybridized carbons (Fsp3) is 0.138. The minimum atomic E-state index is -0.923. The number of carbonyl (C=O) groups excluding carboxylic acids is 5. The Morgan fingerprint density at radius 3 is 2.22 bits per heavy atom. The van der Waals surface area contributed by atoms with Crippen LogP contribution >= 0.6 is 31.9 Å². The van der Waals surface area contributed by atoms with Crippen molar-refractivity contribution in [1.29, 1.82) is 0 Å². The monoisotopic (exact) mass is 683 g/mol. The number of nitrogens with zero attached hydrogens (tertiary/aromatic N) is 1. The predicted molar refractivity (Wildman–Crippen MR) is 159 cm³/mol. The first-order valence-corrected chi connectivity index (χ1v) is 13.7. The Morgan fingerprint density at radius 1 is 0.951 bits per heavy atom. The van der Waals surface area contributed by atoms with Crippen LogP contribution in [0.1, 0.15) is 27.0 Å². The number of methoxy groups -OCH3 is 1. The highest BCUT2D eigenvalue weighted by molar-refractivity contribution is 9.11. The van der Waals surface area contributed by atoms with Gasteiger partial charge in [0.05, 0.1) is 27.3 Å². The first-order valence-electron chi connectivity index (χ1n) is 12.1. The molecule has 3 aromatic carbocycles. The summed E-state index contributed by atoms with van der Waals surface area (Å²) in [6.07, 6.45) is 1.33. The Balaban J connectivity index is 1.51. The fourth-order valence-electron chi connectivity index (χ4n) is 3.88. The maximum Gasteiger partial charge on any atom is 0.337 e. The second kappa shape index (κ2) is 12.5. The van der Waals surface area contributed by atoms with Crippen molar-refractivity contribution in [2.45, 2.75) is 13.8 Å². The SMILES string of the molecule is COC(=O)c1ccc(N2C(=O)NC(=O)/C(=C/c3cc(Br)c(OCC(=O)Nc4ccc(C)c(C)c4)c(Br)c3)C2=O)cc1. The Morgan fingerprint density at radius 2 is 1.61 bits per heavy atom. The van der Waals surface area contributed by atoms with E-state index in [1.807, 2.05) is 32.0 Å². The third-order valence-electron chi connectivity index (χ3n) is 6.12. The predicted octanol–water partition coefficient (Wildman–Crippen LogP) is 5.30. The minimum absolute atomic E-state index is 0.156. The highest BCUT2D eigenvalue weighted by atomic mass is 79.9. The highest BCUT2D eigenvalue weighted by Gasteiger charge is 2.37. The van der Waals surface area contributed by atoms with Crippen LogP contribution in [0, 0.1) is 13.8 Å². The lowest BCUT2D eigenvalue weighted by atomic mass is 10.1. The molecule has 0 bridgehead atoms. The third kappa shape index (κ3) is 6.72. The number of amides is 5. The van der Waals surface area contributed by atoms with Gasteiger partial charge in [0.15, 0.2) is 6.61 Å². The molecule has 5 amide bonds. The van der Waals surface area contributed by atoms with E-state index >= 15 is 0 Å². The van der Waals surface area contributed by atoms with Gasteiger partial charge in [-0.3, -0.25) is 19.7 Å². The molecular weight excluding hydrogens is 662 g/mol. The van der Waals surface area contributed by atoms with E-state index in [1.165, 1.54) is 37.5 Å². The number of aryl methyl sites for hydroxylation is 2. The van der Waals surface area contributed by atoms with Crippen LogP contribution in [-0.2, 0) is 19.1 Å². The summed E-state index contributed by atoms with van der Waals surface area (Å²) in [5.41, 5.74) is 3.35. The second-order valence-corrected chi connectivity index (χ2v) is 10.7. The number of imide groups is 2. The summed E-state index contributed by atoms with van der Waals surface area (Å²) < 4.78 is 11.3. The summed E-state index contributed by atoms with van der Waals surface area (Å²) >= 11 is 6.81. The Kier molecular flexibility index (Phi) is 9.04. The van der Waals surface area contributed by atoms with Crippen LogP contribution in [0.4, 0.5) is 16.2 Å². The normalized spacial score (nSPS) is 14.1. The van der Waals surface area contributed by atoms with Crippen molar-refractivity contribution in [3.8, 4) is 5.75 Å². The molecule has 10 nitrogen and oxygen atoms in total. The van der Waals surface area contributed by atoms with Crippen LogP contribution in [0.2, 0.25) is 0 Å². The largest absolute Gasteiger partial charge is 0.481 e. The number of benzene rings is 3. The van der Waals surface area contributed by atoms with Crippen LogP contribution in [0.15, 0.2) is 69.1 Å². The molecule has 2 N–H and O–H groups in total. The highest BCUT2D eigenvalue weighted by Crippen LogP contribution is 2.36. The minimum Gasteiger partial charge on any atom is -0.481 e. The number of carbonyl (C=O) groups is 5. The summed E-state index contributed by atoms with van der Waals surface area (Å²) in [6, 6.07) is 13.5. The summed E-state index contributed by atoms with van der Waals surface area (Å²) in [5, 5.41) is 4.94. The van der Waals surface area contributed by atoms with E-state index in [1.54, 1.807) is 12.1 Å². The van der Waals surface area contributed by atoms with Crippen molar-refractivity contribution in [1.82, 2.24) is 5.32 Å². The second-order valence-electron chi connectivity index (χ2n) is 8.95. The maximum absolute atomic E-state index is 13.2. The quantitative estimate of drug-likeness (QED) is 0.196. The van der Waals surface area contributed by atoms with Gasteiger partial charge in [0.25, 0.3) is 17.7 Å². The Bertz CT molecular complexity index is 1590. The van der Waals surface area contributed by atoms with Gasteiger partial charge in [-0.25, -0.2) is 14.5 Å². The van der Waals surface area contributed by atoms with Gasteiger partial charge >= 0.3 is 12.0 Å². The lowest BCUT2D eigenvalue weighted by Crippen LogP contribution is -2.54. The van der Waals surface area contributed by atoms with Crippen LogP contribution < -0.4 is 20.3 Å². The van der Waals surface area contributed by atoms with Crippen molar-refractivity contribution in [3.63, 3.8) is 0 Å².